The molecule has 1 aromatic rings. The van der Waals surface area contributed by atoms with Gasteiger partial charge in [0.2, 0.25) is 0 Å². The molecule has 0 saturated carbocycles. The molecule has 112 valence electrons. The molecule has 2 rings (SSSR count). The zero-order chi connectivity index (χ0) is 14.5. The molecule has 0 aromatic carbocycles. The molecule has 0 bridgehead atoms. The third-order valence-corrected chi connectivity index (χ3v) is 4.42. The highest BCUT2D eigenvalue weighted by molar-refractivity contribution is 6.32. The Morgan fingerprint density at radius 2 is 1.95 bits per heavy atom. The van der Waals surface area contributed by atoms with E-state index < -0.39 is 0 Å². The number of piperazine rings is 1. The molecule has 1 aliphatic heterocycles. The normalized spacial score (nSPS) is 19.2. The van der Waals surface area contributed by atoms with Crippen molar-refractivity contribution in [2.45, 2.75) is 25.9 Å². The van der Waals surface area contributed by atoms with E-state index in [1.54, 1.807) is 12.1 Å². The molecular weight excluding hydrogens is 297 g/mol. The SMILES string of the molecule is CCC(CO)N1CCN(Cc2nc(Cl)ccc2Cl)CC1. The largest absolute Gasteiger partial charge is 0.395 e. The molecule has 1 aliphatic rings. The van der Waals surface area contributed by atoms with Gasteiger partial charge in [-0.2, -0.15) is 0 Å². The number of hydrogen-bond donors (Lipinski definition) is 1. The van der Waals surface area contributed by atoms with Crippen LogP contribution in [-0.4, -0.2) is 58.7 Å². The highest BCUT2D eigenvalue weighted by atomic mass is 35.5. The maximum atomic E-state index is 9.35. The molecule has 6 heteroatoms. The van der Waals surface area contributed by atoms with Crippen LogP contribution in [0.2, 0.25) is 10.2 Å². The van der Waals surface area contributed by atoms with Crippen molar-refractivity contribution >= 4 is 23.2 Å². The maximum Gasteiger partial charge on any atom is 0.129 e. The summed E-state index contributed by atoms with van der Waals surface area (Å²) in [7, 11) is 0. The van der Waals surface area contributed by atoms with Crippen molar-refractivity contribution in [1.82, 2.24) is 14.8 Å². The predicted octanol–water partition coefficient (Wildman–Crippen LogP) is 2.28. The van der Waals surface area contributed by atoms with Gasteiger partial charge in [-0.1, -0.05) is 30.1 Å². The summed E-state index contributed by atoms with van der Waals surface area (Å²) in [6.45, 7) is 6.93. The topological polar surface area (TPSA) is 39.6 Å². The van der Waals surface area contributed by atoms with Crippen LogP contribution in [0, 0.1) is 0 Å². The van der Waals surface area contributed by atoms with Crippen molar-refractivity contribution in [2.75, 3.05) is 32.8 Å². The number of pyridine rings is 1. The van der Waals surface area contributed by atoms with Gasteiger partial charge in [0.25, 0.3) is 0 Å². The van der Waals surface area contributed by atoms with Crippen LogP contribution in [0.25, 0.3) is 0 Å². The van der Waals surface area contributed by atoms with Crippen LogP contribution in [0.1, 0.15) is 19.0 Å². The summed E-state index contributed by atoms with van der Waals surface area (Å²) in [4.78, 5) is 8.97. The Balaban J connectivity index is 1.89. The third-order valence-electron chi connectivity index (χ3n) is 3.86. The fourth-order valence-electron chi connectivity index (χ4n) is 2.57. The highest BCUT2D eigenvalue weighted by Gasteiger charge is 2.22. The van der Waals surface area contributed by atoms with Gasteiger partial charge in [0, 0.05) is 38.8 Å². The number of aliphatic hydroxyl groups is 1. The Hall–Kier alpha value is -0.390. The van der Waals surface area contributed by atoms with Crippen molar-refractivity contribution in [2.24, 2.45) is 0 Å². The van der Waals surface area contributed by atoms with Crippen LogP contribution < -0.4 is 0 Å². The number of halogens is 2. The Morgan fingerprint density at radius 3 is 2.55 bits per heavy atom. The monoisotopic (exact) mass is 317 g/mol. The van der Waals surface area contributed by atoms with E-state index in [0.29, 0.717) is 10.2 Å². The Kier molecular flexibility index (Phi) is 6.05. The zero-order valence-electron chi connectivity index (χ0n) is 11.7. The summed E-state index contributed by atoms with van der Waals surface area (Å²) in [5.41, 5.74) is 0.835. The number of hydrogen-bond acceptors (Lipinski definition) is 4. The lowest BCUT2D eigenvalue weighted by molar-refractivity contribution is 0.0604. The van der Waals surface area contributed by atoms with E-state index in [-0.39, 0.29) is 12.6 Å². The van der Waals surface area contributed by atoms with Crippen LogP contribution in [-0.2, 0) is 6.54 Å². The van der Waals surface area contributed by atoms with E-state index in [0.717, 1.165) is 44.8 Å². The van der Waals surface area contributed by atoms with E-state index in [4.69, 9.17) is 23.2 Å². The quantitative estimate of drug-likeness (QED) is 0.846. The van der Waals surface area contributed by atoms with Crippen molar-refractivity contribution in [1.29, 1.82) is 0 Å². The van der Waals surface area contributed by atoms with E-state index in [9.17, 15) is 5.11 Å². The van der Waals surface area contributed by atoms with Crippen LogP contribution >= 0.6 is 23.2 Å². The predicted molar refractivity (Wildman–Crippen MR) is 82.3 cm³/mol. The van der Waals surface area contributed by atoms with Crippen LogP contribution in [0.4, 0.5) is 0 Å². The molecule has 0 radical (unpaired) electrons. The minimum Gasteiger partial charge on any atom is -0.395 e. The van der Waals surface area contributed by atoms with Gasteiger partial charge in [0.1, 0.15) is 5.15 Å². The van der Waals surface area contributed by atoms with Crippen LogP contribution in [0.5, 0.6) is 0 Å². The standard InChI is InChI=1S/C14H21Cl2N3O/c1-2-11(10-20)19-7-5-18(6-8-19)9-13-12(15)3-4-14(16)17-13/h3-4,11,20H,2,5-10H2,1H3. The molecule has 1 atom stereocenters. The first-order valence-electron chi connectivity index (χ1n) is 7.02. The molecule has 0 spiro atoms. The highest BCUT2D eigenvalue weighted by Crippen LogP contribution is 2.19. The molecule has 1 aromatic heterocycles. The lowest BCUT2D eigenvalue weighted by Crippen LogP contribution is -2.50. The first kappa shape index (κ1) is 16.0. The first-order valence-corrected chi connectivity index (χ1v) is 7.77. The second-order valence-corrected chi connectivity index (χ2v) is 5.91. The maximum absolute atomic E-state index is 9.35. The minimum absolute atomic E-state index is 0.234. The van der Waals surface area contributed by atoms with E-state index in [2.05, 4.69) is 21.7 Å². The van der Waals surface area contributed by atoms with Gasteiger partial charge in [-0.3, -0.25) is 9.80 Å². The van der Waals surface area contributed by atoms with Gasteiger partial charge in [-0.05, 0) is 18.6 Å². The second kappa shape index (κ2) is 7.57. The fourth-order valence-corrected chi connectivity index (χ4v) is 2.90. The molecule has 0 amide bonds. The van der Waals surface area contributed by atoms with Gasteiger partial charge in [-0.25, -0.2) is 4.98 Å². The number of rotatable bonds is 5. The van der Waals surface area contributed by atoms with Crippen molar-refractivity contribution in [3.63, 3.8) is 0 Å². The van der Waals surface area contributed by atoms with Gasteiger partial charge in [0.05, 0.1) is 17.3 Å². The molecule has 1 saturated heterocycles. The molecule has 1 unspecified atom stereocenters. The van der Waals surface area contributed by atoms with Gasteiger partial charge in [0.15, 0.2) is 0 Å². The lowest BCUT2D eigenvalue weighted by atomic mass is 10.1. The molecule has 1 N–H and O–H groups in total. The van der Waals surface area contributed by atoms with E-state index in [1.807, 2.05) is 0 Å². The summed E-state index contributed by atoms with van der Waals surface area (Å²) >= 11 is 12.1. The molecule has 20 heavy (non-hydrogen) atoms. The third kappa shape index (κ3) is 4.06. The first-order chi connectivity index (χ1) is 9.63. The summed E-state index contributed by atoms with van der Waals surface area (Å²) in [5, 5.41) is 10.5. The van der Waals surface area contributed by atoms with Crippen molar-refractivity contribution in [3.05, 3.63) is 28.0 Å². The van der Waals surface area contributed by atoms with E-state index >= 15 is 0 Å². The smallest absolute Gasteiger partial charge is 0.129 e. The summed E-state index contributed by atoms with van der Waals surface area (Å²) in [6, 6.07) is 3.78. The molecule has 1 fully saturated rings. The Morgan fingerprint density at radius 1 is 1.25 bits per heavy atom. The van der Waals surface area contributed by atoms with Gasteiger partial charge >= 0.3 is 0 Å². The summed E-state index contributed by atoms with van der Waals surface area (Å²) in [5.74, 6) is 0. The van der Waals surface area contributed by atoms with Crippen LogP contribution in [0.3, 0.4) is 0 Å². The van der Waals surface area contributed by atoms with Gasteiger partial charge < -0.3 is 5.11 Å². The molecule has 4 nitrogen and oxygen atoms in total. The Bertz CT molecular complexity index is 432. The zero-order valence-corrected chi connectivity index (χ0v) is 13.2. The summed E-state index contributed by atoms with van der Waals surface area (Å²) in [6.07, 6.45) is 0.984. The lowest BCUT2D eigenvalue weighted by Gasteiger charge is -2.38. The van der Waals surface area contributed by atoms with Crippen molar-refractivity contribution in [3.8, 4) is 0 Å². The number of aromatic nitrogens is 1. The van der Waals surface area contributed by atoms with Crippen molar-refractivity contribution < 1.29 is 5.11 Å². The number of nitrogens with zero attached hydrogens (tertiary/aromatic N) is 3. The van der Waals surface area contributed by atoms with Gasteiger partial charge in [-0.15, -0.1) is 0 Å². The minimum atomic E-state index is 0.234. The second-order valence-electron chi connectivity index (χ2n) is 5.12. The van der Waals surface area contributed by atoms with Crippen LogP contribution in [0.15, 0.2) is 12.1 Å². The summed E-state index contributed by atoms with van der Waals surface area (Å²) < 4.78 is 0. The average Bonchev–Trinajstić information content (AvgIpc) is 2.46. The Labute approximate surface area is 130 Å². The average molecular weight is 318 g/mol. The molecular formula is C14H21Cl2N3O. The fraction of sp³-hybridized carbons (Fsp3) is 0.643. The number of aliphatic hydroxyl groups excluding tert-OH is 1. The molecule has 0 aliphatic carbocycles. The molecule has 2 heterocycles. The van der Waals surface area contributed by atoms with E-state index in [1.165, 1.54) is 0 Å².